The lowest BCUT2D eigenvalue weighted by Gasteiger charge is -2.40. The molecule has 0 unspecified atom stereocenters. The third-order valence-electron chi connectivity index (χ3n) is 4.99. The van der Waals surface area contributed by atoms with E-state index in [-0.39, 0.29) is 11.5 Å². The van der Waals surface area contributed by atoms with Crippen molar-refractivity contribution in [2.45, 2.75) is 52.6 Å². The highest BCUT2D eigenvalue weighted by molar-refractivity contribution is 5.90. The molecule has 4 nitrogen and oxygen atoms in total. The number of anilines is 1. The molecule has 134 valence electrons. The van der Waals surface area contributed by atoms with Crippen molar-refractivity contribution in [1.29, 1.82) is 0 Å². The summed E-state index contributed by atoms with van der Waals surface area (Å²) in [6.07, 6.45) is 2.62. The van der Waals surface area contributed by atoms with Gasteiger partial charge >= 0.3 is 0 Å². The largest absolute Gasteiger partial charge is 0.497 e. The number of ether oxygens (including phenoxy) is 2. The Bertz CT molecular complexity index is 536. The van der Waals surface area contributed by atoms with E-state index in [1.807, 2.05) is 24.3 Å². The van der Waals surface area contributed by atoms with Crippen LogP contribution in [0.4, 0.5) is 5.69 Å². The van der Waals surface area contributed by atoms with Crippen molar-refractivity contribution in [3.05, 3.63) is 24.3 Å². The smallest absolute Gasteiger partial charge is 0.224 e. The number of hydrogen-bond acceptors (Lipinski definition) is 3. The molecule has 0 aliphatic carbocycles. The van der Waals surface area contributed by atoms with Crippen LogP contribution in [-0.4, -0.2) is 25.2 Å². The van der Waals surface area contributed by atoms with Gasteiger partial charge in [0.2, 0.25) is 5.91 Å². The third-order valence-corrected chi connectivity index (χ3v) is 4.99. The number of nitrogens with one attached hydrogen (secondary N) is 1. The van der Waals surface area contributed by atoms with Crippen LogP contribution in [-0.2, 0) is 9.53 Å². The molecule has 1 aromatic rings. The summed E-state index contributed by atoms with van der Waals surface area (Å²) in [6, 6.07) is 7.46. The van der Waals surface area contributed by atoms with E-state index in [1.165, 1.54) is 0 Å². The molecule has 1 heterocycles. The van der Waals surface area contributed by atoms with Crippen LogP contribution in [0.25, 0.3) is 0 Å². The third kappa shape index (κ3) is 5.23. The zero-order valence-electron chi connectivity index (χ0n) is 15.6. The van der Waals surface area contributed by atoms with Crippen LogP contribution < -0.4 is 10.1 Å². The SMILES string of the molecule is COc1ccc(NC(=O)C[C@H](C(C)C)[C@@H]2CCOC(C)(C)C2)cc1. The highest BCUT2D eigenvalue weighted by atomic mass is 16.5. The van der Waals surface area contributed by atoms with Gasteiger partial charge in [-0.2, -0.15) is 0 Å². The van der Waals surface area contributed by atoms with Crippen molar-refractivity contribution in [3.8, 4) is 5.75 Å². The van der Waals surface area contributed by atoms with Crippen LogP contribution >= 0.6 is 0 Å². The van der Waals surface area contributed by atoms with E-state index in [0.717, 1.165) is 30.9 Å². The van der Waals surface area contributed by atoms with E-state index in [9.17, 15) is 4.79 Å². The fraction of sp³-hybridized carbons (Fsp3) is 0.650. The maximum absolute atomic E-state index is 12.5. The van der Waals surface area contributed by atoms with E-state index in [1.54, 1.807) is 7.11 Å². The zero-order chi connectivity index (χ0) is 17.7. The maximum Gasteiger partial charge on any atom is 0.224 e. The molecule has 0 bridgehead atoms. The molecule has 1 N–H and O–H groups in total. The number of carbonyl (C=O) groups excluding carboxylic acids is 1. The fourth-order valence-electron chi connectivity index (χ4n) is 3.69. The standard InChI is InChI=1S/C20H31NO3/c1-14(2)18(15-10-11-24-20(3,4)13-15)12-19(22)21-16-6-8-17(23-5)9-7-16/h6-9,14-15,18H,10-13H2,1-5H3,(H,21,22)/t15-,18-/m1/s1. The van der Waals surface area contributed by atoms with Gasteiger partial charge in [0, 0.05) is 18.7 Å². The van der Waals surface area contributed by atoms with E-state index < -0.39 is 0 Å². The summed E-state index contributed by atoms with van der Waals surface area (Å²) in [6.45, 7) is 9.52. The quantitative estimate of drug-likeness (QED) is 0.833. The van der Waals surface area contributed by atoms with Gasteiger partial charge in [-0.05, 0) is 68.7 Å². The number of carbonyl (C=O) groups is 1. The lowest BCUT2D eigenvalue weighted by molar-refractivity contribution is -0.120. The molecular formula is C20H31NO3. The molecule has 1 amide bonds. The summed E-state index contributed by atoms with van der Waals surface area (Å²) in [7, 11) is 1.64. The molecule has 0 radical (unpaired) electrons. The Morgan fingerprint density at radius 3 is 2.54 bits per heavy atom. The van der Waals surface area contributed by atoms with Crippen LogP contribution in [0.15, 0.2) is 24.3 Å². The molecule has 1 aliphatic rings. The Balaban J connectivity index is 1.97. The average Bonchev–Trinajstić information content (AvgIpc) is 2.52. The van der Waals surface area contributed by atoms with Crippen molar-refractivity contribution in [3.63, 3.8) is 0 Å². The molecule has 24 heavy (non-hydrogen) atoms. The minimum absolute atomic E-state index is 0.0808. The highest BCUT2D eigenvalue weighted by Crippen LogP contribution is 2.38. The zero-order valence-corrected chi connectivity index (χ0v) is 15.6. The molecule has 4 heteroatoms. The lowest BCUT2D eigenvalue weighted by Crippen LogP contribution is -2.39. The van der Waals surface area contributed by atoms with Crippen molar-refractivity contribution in [2.75, 3.05) is 19.0 Å². The van der Waals surface area contributed by atoms with Crippen molar-refractivity contribution >= 4 is 11.6 Å². The van der Waals surface area contributed by atoms with Crippen LogP contribution in [0.1, 0.15) is 47.0 Å². The predicted molar refractivity (Wildman–Crippen MR) is 97.3 cm³/mol. The second kappa shape index (κ2) is 8.02. The second-order valence-corrected chi connectivity index (χ2v) is 7.75. The summed E-state index contributed by atoms with van der Waals surface area (Å²) >= 11 is 0. The Morgan fingerprint density at radius 2 is 2.00 bits per heavy atom. The molecule has 0 aromatic heterocycles. The number of rotatable bonds is 6. The molecule has 2 atom stereocenters. The van der Waals surface area contributed by atoms with Gasteiger partial charge in [-0.3, -0.25) is 4.79 Å². The van der Waals surface area contributed by atoms with Gasteiger partial charge < -0.3 is 14.8 Å². The lowest BCUT2D eigenvalue weighted by atomic mass is 9.73. The minimum Gasteiger partial charge on any atom is -0.497 e. The fourth-order valence-corrected chi connectivity index (χ4v) is 3.69. The first-order valence-corrected chi connectivity index (χ1v) is 8.88. The van der Waals surface area contributed by atoms with Crippen molar-refractivity contribution in [2.24, 2.45) is 17.8 Å². The molecule has 1 aromatic carbocycles. The Morgan fingerprint density at radius 1 is 1.33 bits per heavy atom. The second-order valence-electron chi connectivity index (χ2n) is 7.75. The molecular weight excluding hydrogens is 302 g/mol. The maximum atomic E-state index is 12.5. The first-order valence-electron chi connectivity index (χ1n) is 8.88. The topological polar surface area (TPSA) is 47.6 Å². The van der Waals surface area contributed by atoms with Gasteiger partial charge in [-0.25, -0.2) is 0 Å². The van der Waals surface area contributed by atoms with Gasteiger partial charge in [0.25, 0.3) is 0 Å². The van der Waals surface area contributed by atoms with Crippen molar-refractivity contribution < 1.29 is 14.3 Å². The summed E-state index contributed by atoms with van der Waals surface area (Å²) < 4.78 is 11.0. The molecule has 0 spiro atoms. The molecule has 0 saturated carbocycles. The monoisotopic (exact) mass is 333 g/mol. The van der Waals surface area contributed by atoms with Crippen LogP contribution in [0.5, 0.6) is 5.75 Å². The number of hydrogen-bond donors (Lipinski definition) is 1. The Hall–Kier alpha value is -1.55. The average molecular weight is 333 g/mol. The molecule has 1 fully saturated rings. The van der Waals surface area contributed by atoms with Gasteiger partial charge in [-0.15, -0.1) is 0 Å². The van der Waals surface area contributed by atoms with Gasteiger partial charge in [0.05, 0.1) is 12.7 Å². The van der Waals surface area contributed by atoms with Crippen LogP contribution in [0.3, 0.4) is 0 Å². The number of methoxy groups -OCH3 is 1. The normalized spacial score (nSPS) is 21.3. The molecule has 1 saturated heterocycles. The van der Waals surface area contributed by atoms with Gasteiger partial charge in [0.15, 0.2) is 0 Å². The summed E-state index contributed by atoms with van der Waals surface area (Å²) in [5, 5.41) is 3.01. The number of benzene rings is 1. The van der Waals surface area contributed by atoms with Crippen molar-refractivity contribution in [1.82, 2.24) is 0 Å². The van der Waals surface area contributed by atoms with E-state index in [4.69, 9.17) is 9.47 Å². The minimum atomic E-state index is -0.0808. The van der Waals surface area contributed by atoms with E-state index in [0.29, 0.717) is 24.2 Å². The first kappa shape index (κ1) is 18.8. The molecule has 1 aliphatic heterocycles. The Labute approximate surface area is 145 Å². The van der Waals surface area contributed by atoms with Crippen LogP contribution in [0, 0.1) is 17.8 Å². The van der Waals surface area contributed by atoms with E-state index in [2.05, 4.69) is 33.0 Å². The molecule has 2 rings (SSSR count). The van der Waals surface area contributed by atoms with E-state index >= 15 is 0 Å². The predicted octanol–water partition coefficient (Wildman–Crippen LogP) is 4.50. The summed E-state index contributed by atoms with van der Waals surface area (Å²) in [4.78, 5) is 12.5. The highest BCUT2D eigenvalue weighted by Gasteiger charge is 2.35. The number of amides is 1. The first-order chi connectivity index (χ1) is 11.3. The van der Waals surface area contributed by atoms with Gasteiger partial charge in [0.1, 0.15) is 5.75 Å². The summed E-state index contributed by atoms with van der Waals surface area (Å²) in [5.41, 5.74) is 0.735. The summed E-state index contributed by atoms with van der Waals surface area (Å²) in [5.74, 6) is 2.27. The van der Waals surface area contributed by atoms with Crippen LogP contribution in [0.2, 0.25) is 0 Å². The Kier molecular flexibility index (Phi) is 6.27. The van der Waals surface area contributed by atoms with Gasteiger partial charge in [-0.1, -0.05) is 13.8 Å².